The highest BCUT2D eigenvalue weighted by Crippen LogP contribution is 2.31. The van der Waals surface area contributed by atoms with Gasteiger partial charge in [0.25, 0.3) is 0 Å². The van der Waals surface area contributed by atoms with E-state index in [9.17, 15) is 0 Å². The van der Waals surface area contributed by atoms with Crippen LogP contribution in [0.3, 0.4) is 0 Å². The van der Waals surface area contributed by atoms with E-state index in [0.717, 1.165) is 45.9 Å². The first-order chi connectivity index (χ1) is 12.0. The van der Waals surface area contributed by atoms with Crippen molar-refractivity contribution in [3.8, 4) is 0 Å². The number of fused-ring (bicyclic) bond motifs is 2. The Bertz CT molecular complexity index is 1000. The third-order valence-electron chi connectivity index (χ3n) is 4.48. The fourth-order valence-corrected chi connectivity index (χ4v) is 3.21. The Kier molecular flexibility index (Phi) is 3.57. The highest BCUT2D eigenvalue weighted by Gasteiger charge is 2.24. The molecule has 0 saturated heterocycles. The second-order valence-electron chi connectivity index (χ2n) is 6.37. The monoisotopic (exact) mass is 331 g/mol. The number of aryl methyl sites for hydroxylation is 1. The first-order valence-electron chi connectivity index (χ1n) is 8.42. The Morgan fingerprint density at radius 1 is 1.28 bits per heavy atom. The number of anilines is 1. The molecule has 0 radical (unpaired) electrons. The van der Waals surface area contributed by atoms with Gasteiger partial charge >= 0.3 is 0 Å². The van der Waals surface area contributed by atoms with Gasteiger partial charge in [0.2, 0.25) is 0 Å². The van der Waals surface area contributed by atoms with Crippen LogP contribution in [0.2, 0.25) is 0 Å². The first-order valence-corrected chi connectivity index (χ1v) is 8.42. The molecule has 2 aromatic rings. The van der Waals surface area contributed by atoms with Crippen molar-refractivity contribution < 1.29 is 0 Å². The molecular weight excluding hydrogens is 310 g/mol. The standard InChI is InChI=1S/C20H21N5/c1-5-17-14(3)25-9-8-13(2)10-19(25)22-20(17)21-16-6-7-18-15(11-16)12-24(4)23-18/h6-12,21H,3,5H2,1-2,4H3. The predicted octanol–water partition coefficient (Wildman–Crippen LogP) is 4.31. The summed E-state index contributed by atoms with van der Waals surface area (Å²) in [5.74, 6) is 1.76. The Balaban J connectivity index is 1.73. The Morgan fingerprint density at radius 3 is 2.92 bits per heavy atom. The van der Waals surface area contributed by atoms with Crippen molar-refractivity contribution in [2.24, 2.45) is 12.0 Å². The molecule has 0 atom stereocenters. The molecule has 126 valence electrons. The van der Waals surface area contributed by atoms with E-state index in [2.05, 4.69) is 49.1 Å². The van der Waals surface area contributed by atoms with Crippen LogP contribution in [0.25, 0.3) is 10.9 Å². The molecule has 3 heterocycles. The van der Waals surface area contributed by atoms with Gasteiger partial charge in [0, 0.05) is 41.8 Å². The lowest BCUT2D eigenvalue weighted by Crippen LogP contribution is -2.31. The summed E-state index contributed by atoms with van der Waals surface area (Å²) in [5, 5.41) is 9.00. The van der Waals surface area contributed by atoms with Gasteiger partial charge in [-0.05, 0) is 49.3 Å². The van der Waals surface area contributed by atoms with Crippen LogP contribution in [0, 0.1) is 0 Å². The van der Waals surface area contributed by atoms with E-state index in [1.54, 1.807) is 0 Å². The van der Waals surface area contributed by atoms with Crippen molar-refractivity contribution in [1.82, 2.24) is 14.7 Å². The minimum atomic E-state index is 0.861. The van der Waals surface area contributed by atoms with Crippen LogP contribution < -0.4 is 5.32 Å². The van der Waals surface area contributed by atoms with Crippen molar-refractivity contribution in [3.05, 3.63) is 72.0 Å². The van der Waals surface area contributed by atoms with Crippen LogP contribution in [-0.4, -0.2) is 20.5 Å². The lowest BCUT2D eigenvalue weighted by Gasteiger charge is -2.32. The molecule has 0 spiro atoms. The zero-order chi connectivity index (χ0) is 17.6. The van der Waals surface area contributed by atoms with Crippen molar-refractivity contribution in [3.63, 3.8) is 0 Å². The van der Waals surface area contributed by atoms with E-state index in [0.29, 0.717) is 0 Å². The number of nitrogens with zero attached hydrogens (tertiary/aromatic N) is 4. The van der Waals surface area contributed by atoms with Gasteiger partial charge in [-0.15, -0.1) is 0 Å². The van der Waals surface area contributed by atoms with Gasteiger partial charge in [0.05, 0.1) is 5.52 Å². The van der Waals surface area contributed by atoms with E-state index >= 15 is 0 Å². The predicted molar refractivity (Wildman–Crippen MR) is 103 cm³/mol. The molecule has 0 saturated carbocycles. The summed E-state index contributed by atoms with van der Waals surface area (Å²) in [6.07, 6.45) is 9.06. The Hall–Kier alpha value is -3.08. The van der Waals surface area contributed by atoms with Gasteiger partial charge < -0.3 is 10.2 Å². The number of hydrogen-bond donors (Lipinski definition) is 1. The van der Waals surface area contributed by atoms with Crippen molar-refractivity contribution in [2.45, 2.75) is 20.3 Å². The van der Waals surface area contributed by atoms with Crippen molar-refractivity contribution in [2.75, 3.05) is 5.32 Å². The summed E-state index contributed by atoms with van der Waals surface area (Å²) < 4.78 is 1.83. The Morgan fingerprint density at radius 2 is 2.12 bits per heavy atom. The number of aliphatic imine (C=N–C) groups is 1. The van der Waals surface area contributed by atoms with Crippen LogP contribution in [0.15, 0.2) is 77.0 Å². The van der Waals surface area contributed by atoms with E-state index in [4.69, 9.17) is 4.99 Å². The minimum Gasteiger partial charge on any atom is -0.340 e. The SMILES string of the molecule is C=C1C(CC)=C(Nc2ccc3nn(C)cc3c2)N=C2C=C(C)C=CN12. The van der Waals surface area contributed by atoms with Crippen LogP contribution in [0.5, 0.6) is 0 Å². The van der Waals surface area contributed by atoms with E-state index in [-0.39, 0.29) is 0 Å². The van der Waals surface area contributed by atoms with Crippen molar-refractivity contribution >= 4 is 22.4 Å². The second kappa shape index (κ2) is 5.77. The van der Waals surface area contributed by atoms with Gasteiger partial charge in [-0.3, -0.25) is 4.68 Å². The average Bonchev–Trinajstić information content (AvgIpc) is 2.94. The summed E-state index contributed by atoms with van der Waals surface area (Å²) in [6, 6.07) is 6.15. The molecule has 0 amide bonds. The zero-order valence-electron chi connectivity index (χ0n) is 14.7. The molecule has 0 unspecified atom stereocenters. The molecule has 25 heavy (non-hydrogen) atoms. The molecule has 5 nitrogen and oxygen atoms in total. The van der Waals surface area contributed by atoms with Gasteiger partial charge in [-0.2, -0.15) is 5.10 Å². The molecule has 2 aliphatic rings. The summed E-state index contributed by atoms with van der Waals surface area (Å²) >= 11 is 0. The summed E-state index contributed by atoms with van der Waals surface area (Å²) in [5.41, 5.74) is 5.25. The highest BCUT2D eigenvalue weighted by atomic mass is 15.2. The normalized spacial score (nSPS) is 16.9. The molecule has 1 N–H and O–H groups in total. The topological polar surface area (TPSA) is 45.5 Å². The maximum absolute atomic E-state index is 4.84. The lowest BCUT2D eigenvalue weighted by molar-refractivity contribution is 0.671. The molecular formula is C20H21N5. The van der Waals surface area contributed by atoms with E-state index < -0.39 is 0 Å². The van der Waals surface area contributed by atoms with Gasteiger partial charge in [0.15, 0.2) is 0 Å². The quantitative estimate of drug-likeness (QED) is 0.911. The number of aromatic nitrogens is 2. The molecule has 1 aromatic carbocycles. The smallest absolute Gasteiger partial charge is 0.139 e. The van der Waals surface area contributed by atoms with E-state index in [1.165, 1.54) is 5.57 Å². The van der Waals surface area contributed by atoms with E-state index in [1.807, 2.05) is 41.2 Å². The third kappa shape index (κ3) is 2.67. The number of nitrogens with one attached hydrogen (secondary N) is 1. The number of hydrogen-bond acceptors (Lipinski definition) is 4. The fraction of sp³-hybridized carbons (Fsp3) is 0.200. The molecule has 2 aliphatic heterocycles. The third-order valence-corrected chi connectivity index (χ3v) is 4.48. The summed E-state index contributed by atoms with van der Waals surface area (Å²) in [4.78, 5) is 6.88. The van der Waals surface area contributed by atoms with Gasteiger partial charge in [-0.1, -0.05) is 13.5 Å². The first kappa shape index (κ1) is 15.4. The molecule has 5 heteroatoms. The van der Waals surface area contributed by atoms with Crippen LogP contribution >= 0.6 is 0 Å². The molecule has 0 bridgehead atoms. The highest BCUT2D eigenvalue weighted by molar-refractivity contribution is 5.99. The number of rotatable bonds is 3. The molecule has 4 rings (SSSR count). The summed E-state index contributed by atoms with van der Waals surface area (Å²) in [7, 11) is 1.93. The lowest BCUT2D eigenvalue weighted by atomic mass is 10.1. The second-order valence-corrected chi connectivity index (χ2v) is 6.37. The van der Waals surface area contributed by atoms with Gasteiger partial charge in [-0.25, -0.2) is 4.99 Å². The number of allylic oxidation sites excluding steroid dienone is 3. The Labute approximate surface area is 147 Å². The fourth-order valence-electron chi connectivity index (χ4n) is 3.21. The van der Waals surface area contributed by atoms with Gasteiger partial charge in [0.1, 0.15) is 11.7 Å². The maximum Gasteiger partial charge on any atom is 0.139 e. The average molecular weight is 331 g/mol. The molecule has 0 fully saturated rings. The maximum atomic E-state index is 4.84. The summed E-state index contributed by atoms with van der Waals surface area (Å²) in [6.45, 7) is 8.47. The zero-order valence-corrected chi connectivity index (χ0v) is 14.7. The van der Waals surface area contributed by atoms with Crippen LogP contribution in [0.1, 0.15) is 20.3 Å². The molecule has 0 aliphatic carbocycles. The number of benzene rings is 1. The minimum absolute atomic E-state index is 0.861. The van der Waals surface area contributed by atoms with Crippen molar-refractivity contribution in [1.29, 1.82) is 0 Å². The van der Waals surface area contributed by atoms with Crippen LogP contribution in [-0.2, 0) is 7.05 Å². The molecule has 1 aromatic heterocycles. The van der Waals surface area contributed by atoms with Crippen LogP contribution in [0.4, 0.5) is 5.69 Å². The number of amidine groups is 1. The largest absolute Gasteiger partial charge is 0.340 e.